The second kappa shape index (κ2) is 5.43. The van der Waals surface area contributed by atoms with Gasteiger partial charge in [-0.3, -0.25) is 4.98 Å². The molecule has 1 heterocycles. The summed E-state index contributed by atoms with van der Waals surface area (Å²) in [5.41, 5.74) is 6.93. The number of aromatic nitrogens is 2. The lowest BCUT2D eigenvalue weighted by Crippen LogP contribution is -1.98. The van der Waals surface area contributed by atoms with Crippen molar-refractivity contribution < 1.29 is 14.2 Å². The van der Waals surface area contributed by atoms with Gasteiger partial charge < -0.3 is 19.9 Å². The second-order valence-corrected chi connectivity index (χ2v) is 3.71. The summed E-state index contributed by atoms with van der Waals surface area (Å²) in [5.74, 6) is 2.01. The second-order valence-electron chi connectivity index (χ2n) is 3.71. The minimum absolute atomic E-state index is 0.364. The Labute approximate surface area is 111 Å². The summed E-state index contributed by atoms with van der Waals surface area (Å²) >= 11 is 0. The van der Waals surface area contributed by atoms with Crippen molar-refractivity contribution >= 4 is 5.82 Å². The number of benzene rings is 1. The van der Waals surface area contributed by atoms with Crippen LogP contribution in [0, 0.1) is 0 Å². The molecule has 2 N–H and O–H groups in total. The molecule has 1 aromatic heterocycles. The molecule has 2 rings (SSSR count). The van der Waals surface area contributed by atoms with Crippen LogP contribution in [0.4, 0.5) is 5.82 Å². The van der Waals surface area contributed by atoms with E-state index in [1.165, 1.54) is 6.20 Å². The predicted molar refractivity (Wildman–Crippen MR) is 71.5 cm³/mol. The lowest BCUT2D eigenvalue weighted by Gasteiger charge is -2.15. The van der Waals surface area contributed by atoms with Crippen LogP contribution in [-0.4, -0.2) is 31.3 Å². The van der Waals surface area contributed by atoms with Gasteiger partial charge in [-0.25, -0.2) is 4.98 Å². The van der Waals surface area contributed by atoms with E-state index in [1.807, 2.05) is 6.07 Å². The van der Waals surface area contributed by atoms with E-state index in [4.69, 9.17) is 19.9 Å². The highest BCUT2D eigenvalue weighted by Gasteiger charge is 2.17. The van der Waals surface area contributed by atoms with Crippen molar-refractivity contribution in [2.75, 3.05) is 27.1 Å². The van der Waals surface area contributed by atoms with Gasteiger partial charge >= 0.3 is 0 Å². The molecule has 0 fully saturated rings. The van der Waals surface area contributed by atoms with Crippen LogP contribution in [0.25, 0.3) is 11.3 Å². The van der Waals surface area contributed by atoms with Gasteiger partial charge in [-0.2, -0.15) is 0 Å². The quantitative estimate of drug-likeness (QED) is 0.903. The van der Waals surface area contributed by atoms with E-state index in [2.05, 4.69) is 9.97 Å². The van der Waals surface area contributed by atoms with Crippen molar-refractivity contribution in [3.63, 3.8) is 0 Å². The molecule has 0 aliphatic carbocycles. The largest absolute Gasteiger partial charge is 0.493 e. The average Bonchev–Trinajstić information content (AvgIpc) is 2.46. The first-order chi connectivity index (χ1) is 9.21. The molecule has 19 heavy (non-hydrogen) atoms. The Hall–Kier alpha value is -2.50. The summed E-state index contributed by atoms with van der Waals surface area (Å²) < 4.78 is 15.9. The predicted octanol–water partition coefficient (Wildman–Crippen LogP) is 1.75. The summed E-state index contributed by atoms with van der Waals surface area (Å²) in [4.78, 5) is 8.24. The molecule has 0 aliphatic heterocycles. The van der Waals surface area contributed by atoms with Crippen molar-refractivity contribution in [1.82, 2.24) is 9.97 Å². The third kappa shape index (κ3) is 2.37. The Kier molecular flexibility index (Phi) is 3.70. The monoisotopic (exact) mass is 261 g/mol. The first-order valence-corrected chi connectivity index (χ1v) is 5.58. The Balaban J connectivity index is 2.60. The highest BCUT2D eigenvalue weighted by molar-refractivity contribution is 5.73. The molecule has 6 heteroatoms. The smallest absolute Gasteiger partial charge is 0.203 e. The van der Waals surface area contributed by atoms with Gasteiger partial charge in [0, 0.05) is 5.56 Å². The van der Waals surface area contributed by atoms with Crippen molar-refractivity contribution in [3.05, 3.63) is 24.5 Å². The molecular formula is C13H15N3O3. The number of nitrogens with zero attached hydrogens (tertiary/aromatic N) is 2. The Morgan fingerprint density at radius 3 is 2.16 bits per heavy atom. The molecule has 6 nitrogen and oxygen atoms in total. The van der Waals surface area contributed by atoms with Gasteiger partial charge in [-0.05, 0) is 12.1 Å². The summed E-state index contributed by atoms with van der Waals surface area (Å²) in [6, 6.07) is 3.62. The van der Waals surface area contributed by atoms with Gasteiger partial charge in [0.15, 0.2) is 11.5 Å². The molecule has 0 radical (unpaired) electrons. The highest BCUT2D eigenvalue weighted by Crippen LogP contribution is 2.43. The molecule has 0 saturated carbocycles. The van der Waals surface area contributed by atoms with E-state index in [-0.39, 0.29) is 0 Å². The molecule has 0 aliphatic rings. The van der Waals surface area contributed by atoms with E-state index in [1.54, 1.807) is 33.6 Å². The topological polar surface area (TPSA) is 79.5 Å². The fraction of sp³-hybridized carbons (Fsp3) is 0.231. The average molecular weight is 261 g/mol. The summed E-state index contributed by atoms with van der Waals surface area (Å²) in [6.45, 7) is 0. The summed E-state index contributed by atoms with van der Waals surface area (Å²) in [6.07, 6.45) is 3.07. The fourth-order valence-electron chi connectivity index (χ4n) is 1.78. The zero-order chi connectivity index (χ0) is 13.8. The van der Waals surface area contributed by atoms with E-state index in [0.29, 0.717) is 28.8 Å². The van der Waals surface area contributed by atoms with Crippen LogP contribution in [0.5, 0.6) is 17.2 Å². The van der Waals surface area contributed by atoms with Crippen LogP contribution in [0.2, 0.25) is 0 Å². The standard InChI is InChI=1S/C13H15N3O3/c1-17-10-5-4-8(12(18-2)13(10)19-3)9-6-16-11(14)7-15-9/h4-7H,1-3H3,(H2,14,16). The van der Waals surface area contributed by atoms with E-state index in [9.17, 15) is 0 Å². The zero-order valence-electron chi connectivity index (χ0n) is 11.0. The number of nitrogen functional groups attached to an aromatic ring is 1. The van der Waals surface area contributed by atoms with Crippen molar-refractivity contribution in [1.29, 1.82) is 0 Å². The van der Waals surface area contributed by atoms with Crippen LogP contribution < -0.4 is 19.9 Å². The lowest BCUT2D eigenvalue weighted by atomic mass is 10.1. The number of rotatable bonds is 4. The van der Waals surface area contributed by atoms with Crippen LogP contribution >= 0.6 is 0 Å². The van der Waals surface area contributed by atoms with E-state index < -0.39 is 0 Å². The molecule has 100 valence electrons. The fourth-order valence-corrected chi connectivity index (χ4v) is 1.78. The van der Waals surface area contributed by atoms with E-state index >= 15 is 0 Å². The van der Waals surface area contributed by atoms with Crippen molar-refractivity contribution in [2.24, 2.45) is 0 Å². The number of methoxy groups -OCH3 is 3. The van der Waals surface area contributed by atoms with Crippen LogP contribution in [0.1, 0.15) is 0 Å². The van der Waals surface area contributed by atoms with Crippen LogP contribution in [0.15, 0.2) is 24.5 Å². The molecule has 0 saturated heterocycles. The van der Waals surface area contributed by atoms with Gasteiger partial charge in [0.1, 0.15) is 5.82 Å². The number of hydrogen-bond donors (Lipinski definition) is 1. The summed E-state index contributed by atoms with van der Waals surface area (Å²) in [7, 11) is 4.68. The highest BCUT2D eigenvalue weighted by atomic mass is 16.5. The van der Waals surface area contributed by atoms with Crippen molar-refractivity contribution in [2.45, 2.75) is 0 Å². The molecule has 2 aromatic rings. The third-order valence-electron chi connectivity index (χ3n) is 2.65. The van der Waals surface area contributed by atoms with Crippen molar-refractivity contribution in [3.8, 4) is 28.5 Å². The molecule has 1 aromatic carbocycles. The Bertz CT molecular complexity index is 570. The number of anilines is 1. The molecule has 0 atom stereocenters. The van der Waals surface area contributed by atoms with Gasteiger partial charge in [-0.15, -0.1) is 0 Å². The molecular weight excluding hydrogens is 246 g/mol. The molecule has 0 amide bonds. The lowest BCUT2D eigenvalue weighted by molar-refractivity contribution is 0.325. The minimum atomic E-state index is 0.364. The first-order valence-electron chi connectivity index (χ1n) is 5.58. The number of hydrogen-bond acceptors (Lipinski definition) is 6. The van der Waals surface area contributed by atoms with Crippen LogP contribution in [0.3, 0.4) is 0 Å². The maximum atomic E-state index is 5.53. The molecule has 0 bridgehead atoms. The van der Waals surface area contributed by atoms with Gasteiger partial charge in [0.2, 0.25) is 5.75 Å². The number of ether oxygens (including phenoxy) is 3. The third-order valence-corrected chi connectivity index (χ3v) is 2.65. The van der Waals surface area contributed by atoms with Crippen LogP contribution in [-0.2, 0) is 0 Å². The van der Waals surface area contributed by atoms with Gasteiger partial charge in [-0.1, -0.05) is 0 Å². The Morgan fingerprint density at radius 2 is 1.63 bits per heavy atom. The minimum Gasteiger partial charge on any atom is -0.493 e. The molecule has 0 unspecified atom stereocenters. The summed E-state index contributed by atoms with van der Waals surface area (Å²) in [5, 5.41) is 0. The zero-order valence-corrected chi connectivity index (χ0v) is 11.0. The molecule has 0 spiro atoms. The van der Waals surface area contributed by atoms with Gasteiger partial charge in [0.25, 0.3) is 0 Å². The SMILES string of the molecule is COc1ccc(-c2cnc(N)cn2)c(OC)c1OC. The van der Waals surface area contributed by atoms with E-state index in [0.717, 1.165) is 5.56 Å². The number of nitrogens with two attached hydrogens (primary N) is 1. The maximum absolute atomic E-state index is 5.53. The normalized spacial score (nSPS) is 10.1. The Morgan fingerprint density at radius 1 is 0.895 bits per heavy atom. The maximum Gasteiger partial charge on any atom is 0.203 e. The van der Waals surface area contributed by atoms with Gasteiger partial charge in [0.05, 0.1) is 39.4 Å². The first kappa shape index (κ1) is 12.9.